The third-order valence-corrected chi connectivity index (χ3v) is 2.62. The fourth-order valence-electron chi connectivity index (χ4n) is 1.43. The molecule has 0 aromatic heterocycles. The van der Waals surface area contributed by atoms with Gasteiger partial charge in [-0.15, -0.1) is 0 Å². The van der Waals surface area contributed by atoms with Gasteiger partial charge in [-0.2, -0.15) is 0 Å². The number of esters is 2. The van der Waals surface area contributed by atoms with Crippen molar-refractivity contribution in [1.29, 1.82) is 0 Å². The molecule has 0 aliphatic carbocycles. The molecular formula is C14H26O4. The van der Waals surface area contributed by atoms with E-state index in [4.69, 9.17) is 9.47 Å². The number of hydrogen-bond acceptors (Lipinski definition) is 4. The lowest BCUT2D eigenvalue weighted by atomic mass is 10.0. The van der Waals surface area contributed by atoms with Gasteiger partial charge in [0.25, 0.3) is 0 Å². The van der Waals surface area contributed by atoms with Gasteiger partial charge >= 0.3 is 11.9 Å². The second-order valence-corrected chi connectivity index (χ2v) is 5.60. The second kappa shape index (κ2) is 7.39. The highest BCUT2D eigenvalue weighted by Crippen LogP contribution is 2.17. The zero-order valence-corrected chi connectivity index (χ0v) is 12.5. The van der Waals surface area contributed by atoms with Crippen LogP contribution in [0.4, 0.5) is 0 Å². The number of ether oxygens (including phenoxy) is 2. The molecule has 0 spiro atoms. The van der Waals surface area contributed by atoms with E-state index in [9.17, 15) is 9.59 Å². The molecule has 0 aliphatic heterocycles. The molecule has 0 saturated carbocycles. The molecule has 106 valence electrons. The Morgan fingerprint density at radius 3 is 1.44 bits per heavy atom. The molecule has 0 unspecified atom stereocenters. The summed E-state index contributed by atoms with van der Waals surface area (Å²) in [6.45, 7) is 12.8. The van der Waals surface area contributed by atoms with E-state index in [-0.39, 0.29) is 29.7 Å². The largest absolute Gasteiger partial charge is 0.459 e. The first kappa shape index (κ1) is 16.9. The van der Waals surface area contributed by atoms with Gasteiger partial charge in [0.2, 0.25) is 0 Å². The summed E-state index contributed by atoms with van der Waals surface area (Å²) in [7, 11) is 0. The highest BCUT2D eigenvalue weighted by Gasteiger charge is 2.29. The summed E-state index contributed by atoms with van der Waals surface area (Å²) in [5, 5.41) is 0. The molecule has 0 heterocycles. The highest BCUT2D eigenvalue weighted by atomic mass is 16.6. The standard InChI is InChI=1S/C14H26O4/c1-8(2)12(18-14(16)10(5)6)11(7)17-13(15)9(3)4/h8-12H,1-7H3/t11-,12-/m1/s1. The molecule has 0 aromatic rings. The minimum Gasteiger partial charge on any atom is -0.459 e. The van der Waals surface area contributed by atoms with Crippen molar-refractivity contribution in [2.75, 3.05) is 0 Å². The van der Waals surface area contributed by atoms with Gasteiger partial charge in [-0.3, -0.25) is 9.59 Å². The highest BCUT2D eigenvalue weighted by molar-refractivity contribution is 5.72. The van der Waals surface area contributed by atoms with Gasteiger partial charge in [0.1, 0.15) is 12.2 Å². The van der Waals surface area contributed by atoms with Gasteiger partial charge < -0.3 is 9.47 Å². The summed E-state index contributed by atoms with van der Waals surface area (Å²) in [6, 6.07) is 0. The molecule has 0 saturated heterocycles. The first-order valence-electron chi connectivity index (χ1n) is 6.57. The van der Waals surface area contributed by atoms with Gasteiger partial charge in [0, 0.05) is 0 Å². The zero-order chi connectivity index (χ0) is 14.5. The summed E-state index contributed by atoms with van der Waals surface area (Å²) in [5.41, 5.74) is 0. The third-order valence-electron chi connectivity index (χ3n) is 2.62. The van der Waals surface area contributed by atoms with E-state index in [2.05, 4.69) is 0 Å². The Balaban J connectivity index is 4.60. The van der Waals surface area contributed by atoms with Gasteiger partial charge in [0.05, 0.1) is 11.8 Å². The summed E-state index contributed by atoms with van der Waals surface area (Å²) in [6.07, 6.45) is -0.829. The van der Waals surface area contributed by atoms with Crippen LogP contribution in [-0.2, 0) is 19.1 Å². The molecule has 0 amide bonds. The van der Waals surface area contributed by atoms with Crippen LogP contribution in [0.25, 0.3) is 0 Å². The van der Waals surface area contributed by atoms with E-state index in [0.717, 1.165) is 0 Å². The smallest absolute Gasteiger partial charge is 0.308 e. The Morgan fingerprint density at radius 1 is 0.722 bits per heavy atom. The molecule has 0 N–H and O–H groups in total. The Bertz CT molecular complexity index is 282. The average molecular weight is 258 g/mol. The normalized spacial score (nSPS) is 14.8. The Morgan fingerprint density at radius 2 is 1.11 bits per heavy atom. The molecule has 4 nitrogen and oxygen atoms in total. The lowest BCUT2D eigenvalue weighted by Gasteiger charge is -2.28. The van der Waals surface area contributed by atoms with Crippen LogP contribution in [0.5, 0.6) is 0 Å². The Hall–Kier alpha value is -1.06. The van der Waals surface area contributed by atoms with Crippen molar-refractivity contribution in [2.24, 2.45) is 17.8 Å². The molecule has 0 aromatic carbocycles. The molecule has 0 aliphatic rings. The summed E-state index contributed by atoms with van der Waals surface area (Å²) >= 11 is 0. The monoisotopic (exact) mass is 258 g/mol. The van der Waals surface area contributed by atoms with E-state index in [0.29, 0.717) is 0 Å². The van der Waals surface area contributed by atoms with Crippen molar-refractivity contribution in [3.05, 3.63) is 0 Å². The SMILES string of the molecule is CC(C)C(=O)O[C@H](C(C)C)[C@@H](C)OC(=O)C(C)C. The van der Waals surface area contributed by atoms with Crippen LogP contribution in [0.15, 0.2) is 0 Å². The lowest BCUT2D eigenvalue weighted by molar-refractivity contribution is -0.174. The molecule has 0 bridgehead atoms. The van der Waals surface area contributed by atoms with Crippen molar-refractivity contribution in [3.8, 4) is 0 Å². The first-order valence-corrected chi connectivity index (χ1v) is 6.57. The van der Waals surface area contributed by atoms with Crippen molar-refractivity contribution in [2.45, 2.75) is 60.7 Å². The molecule has 0 fully saturated rings. The summed E-state index contributed by atoms with van der Waals surface area (Å²) < 4.78 is 10.7. The van der Waals surface area contributed by atoms with E-state index >= 15 is 0 Å². The topological polar surface area (TPSA) is 52.6 Å². The van der Waals surface area contributed by atoms with Crippen LogP contribution in [0, 0.1) is 17.8 Å². The van der Waals surface area contributed by atoms with Crippen LogP contribution in [0.3, 0.4) is 0 Å². The molecule has 2 atom stereocenters. The molecule has 18 heavy (non-hydrogen) atoms. The predicted molar refractivity (Wildman–Crippen MR) is 69.9 cm³/mol. The molecular weight excluding hydrogens is 232 g/mol. The van der Waals surface area contributed by atoms with E-state index in [1.165, 1.54) is 0 Å². The first-order chi connectivity index (χ1) is 8.16. The average Bonchev–Trinajstić information content (AvgIpc) is 2.24. The number of hydrogen-bond donors (Lipinski definition) is 0. The van der Waals surface area contributed by atoms with Crippen LogP contribution in [-0.4, -0.2) is 24.1 Å². The lowest BCUT2D eigenvalue weighted by Crippen LogP contribution is -2.38. The van der Waals surface area contributed by atoms with Crippen molar-refractivity contribution >= 4 is 11.9 Å². The number of rotatable bonds is 6. The number of carbonyl (C=O) groups is 2. The minimum atomic E-state index is -0.428. The van der Waals surface area contributed by atoms with Crippen molar-refractivity contribution in [1.82, 2.24) is 0 Å². The van der Waals surface area contributed by atoms with Crippen molar-refractivity contribution in [3.63, 3.8) is 0 Å². The summed E-state index contributed by atoms with van der Waals surface area (Å²) in [5.74, 6) is -0.794. The quantitative estimate of drug-likeness (QED) is 0.687. The third kappa shape index (κ3) is 5.52. The summed E-state index contributed by atoms with van der Waals surface area (Å²) in [4.78, 5) is 23.2. The fourth-order valence-corrected chi connectivity index (χ4v) is 1.43. The van der Waals surface area contributed by atoms with Gasteiger partial charge in [-0.1, -0.05) is 41.5 Å². The zero-order valence-electron chi connectivity index (χ0n) is 12.5. The van der Waals surface area contributed by atoms with Crippen LogP contribution in [0.1, 0.15) is 48.5 Å². The molecule has 0 rings (SSSR count). The van der Waals surface area contributed by atoms with Gasteiger partial charge in [-0.25, -0.2) is 0 Å². The fraction of sp³-hybridized carbons (Fsp3) is 0.857. The molecule has 4 heteroatoms. The molecule has 0 radical (unpaired) electrons. The number of carbonyl (C=O) groups excluding carboxylic acids is 2. The van der Waals surface area contributed by atoms with Crippen LogP contribution in [0.2, 0.25) is 0 Å². The van der Waals surface area contributed by atoms with Gasteiger partial charge in [-0.05, 0) is 12.8 Å². The minimum absolute atomic E-state index is 0.0997. The van der Waals surface area contributed by atoms with Crippen LogP contribution < -0.4 is 0 Å². The van der Waals surface area contributed by atoms with Gasteiger partial charge in [0.15, 0.2) is 0 Å². The van der Waals surface area contributed by atoms with E-state index < -0.39 is 12.2 Å². The van der Waals surface area contributed by atoms with E-state index in [1.54, 1.807) is 34.6 Å². The maximum Gasteiger partial charge on any atom is 0.308 e. The maximum atomic E-state index is 11.6. The van der Waals surface area contributed by atoms with E-state index in [1.807, 2.05) is 13.8 Å². The maximum absolute atomic E-state index is 11.6. The second-order valence-electron chi connectivity index (χ2n) is 5.60. The predicted octanol–water partition coefficient (Wildman–Crippen LogP) is 2.80. The Labute approximate surface area is 110 Å². The Kier molecular flexibility index (Phi) is 6.96. The van der Waals surface area contributed by atoms with Crippen molar-refractivity contribution < 1.29 is 19.1 Å². The van der Waals surface area contributed by atoms with Crippen LogP contribution >= 0.6 is 0 Å².